The molecule has 84 valence electrons. The third-order valence-corrected chi connectivity index (χ3v) is 2.28. The first-order valence-electron chi connectivity index (χ1n) is 4.72. The van der Waals surface area contributed by atoms with Gasteiger partial charge in [0, 0.05) is 19.3 Å². The molecule has 15 heavy (non-hydrogen) atoms. The van der Waals surface area contributed by atoms with Crippen molar-refractivity contribution in [3.63, 3.8) is 0 Å². The number of hydrogen-bond acceptors (Lipinski definition) is 4. The molecule has 0 aliphatic rings. The minimum atomic E-state index is -0.654. The fourth-order valence-corrected chi connectivity index (χ4v) is 1.35. The summed E-state index contributed by atoms with van der Waals surface area (Å²) in [7, 11) is 1.83. The second-order valence-electron chi connectivity index (χ2n) is 3.40. The van der Waals surface area contributed by atoms with Gasteiger partial charge in [0.15, 0.2) is 0 Å². The van der Waals surface area contributed by atoms with Gasteiger partial charge in [-0.3, -0.25) is 4.98 Å². The van der Waals surface area contributed by atoms with Gasteiger partial charge in [0.25, 0.3) is 0 Å². The number of aliphatic hydroxyl groups excluding tert-OH is 2. The molecule has 1 aromatic heterocycles. The van der Waals surface area contributed by atoms with E-state index >= 15 is 0 Å². The van der Waals surface area contributed by atoms with Gasteiger partial charge in [-0.1, -0.05) is 11.6 Å². The molecule has 0 fully saturated rings. The highest BCUT2D eigenvalue weighted by Crippen LogP contribution is 2.13. The van der Waals surface area contributed by atoms with Gasteiger partial charge in [-0.2, -0.15) is 0 Å². The number of aromatic nitrogens is 1. The van der Waals surface area contributed by atoms with Crippen molar-refractivity contribution in [1.82, 2.24) is 9.88 Å². The van der Waals surface area contributed by atoms with E-state index in [4.69, 9.17) is 16.7 Å². The molecule has 1 aromatic rings. The SMILES string of the molecule is CN(CCO)CC(O)c1ccc(Cl)cn1. The number of nitrogens with zero attached hydrogens (tertiary/aromatic N) is 2. The third kappa shape index (κ3) is 4.13. The van der Waals surface area contributed by atoms with Crippen molar-refractivity contribution in [1.29, 1.82) is 0 Å². The van der Waals surface area contributed by atoms with Crippen molar-refractivity contribution in [3.8, 4) is 0 Å². The smallest absolute Gasteiger partial charge is 0.109 e. The molecule has 1 unspecified atom stereocenters. The van der Waals surface area contributed by atoms with Crippen LogP contribution in [-0.2, 0) is 0 Å². The van der Waals surface area contributed by atoms with Crippen LogP contribution in [0.5, 0.6) is 0 Å². The molecule has 0 aliphatic carbocycles. The van der Waals surface area contributed by atoms with Crippen LogP contribution in [0.25, 0.3) is 0 Å². The monoisotopic (exact) mass is 230 g/mol. The van der Waals surface area contributed by atoms with Crippen LogP contribution < -0.4 is 0 Å². The van der Waals surface area contributed by atoms with E-state index in [1.807, 2.05) is 11.9 Å². The molecule has 0 radical (unpaired) electrons. The summed E-state index contributed by atoms with van der Waals surface area (Å²) in [4.78, 5) is 5.85. The predicted molar refractivity (Wildman–Crippen MR) is 58.8 cm³/mol. The molecule has 1 heterocycles. The minimum Gasteiger partial charge on any atom is -0.395 e. The Morgan fingerprint density at radius 3 is 2.80 bits per heavy atom. The average molecular weight is 231 g/mol. The van der Waals surface area contributed by atoms with Crippen molar-refractivity contribution in [3.05, 3.63) is 29.0 Å². The molecular weight excluding hydrogens is 216 g/mol. The van der Waals surface area contributed by atoms with Crippen molar-refractivity contribution in [2.45, 2.75) is 6.10 Å². The Bertz CT molecular complexity index is 292. The summed E-state index contributed by atoms with van der Waals surface area (Å²) in [6.07, 6.45) is 0.852. The van der Waals surface area contributed by atoms with E-state index in [1.165, 1.54) is 6.20 Å². The van der Waals surface area contributed by atoms with Gasteiger partial charge in [0.1, 0.15) is 6.10 Å². The fourth-order valence-electron chi connectivity index (χ4n) is 1.24. The van der Waals surface area contributed by atoms with Crippen molar-refractivity contribution in [2.75, 3.05) is 26.7 Å². The lowest BCUT2D eigenvalue weighted by Crippen LogP contribution is -2.27. The van der Waals surface area contributed by atoms with E-state index in [0.29, 0.717) is 23.8 Å². The van der Waals surface area contributed by atoms with E-state index in [9.17, 15) is 5.11 Å². The summed E-state index contributed by atoms with van der Waals surface area (Å²) in [5.74, 6) is 0. The van der Waals surface area contributed by atoms with Crippen molar-refractivity contribution < 1.29 is 10.2 Å². The quantitative estimate of drug-likeness (QED) is 0.782. The van der Waals surface area contributed by atoms with Crippen molar-refractivity contribution >= 4 is 11.6 Å². The Morgan fingerprint density at radius 1 is 1.53 bits per heavy atom. The first kappa shape index (κ1) is 12.4. The number of hydrogen-bond donors (Lipinski definition) is 2. The Kier molecular flexibility index (Phi) is 4.98. The zero-order chi connectivity index (χ0) is 11.3. The Morgan fingerprint density at radius 2 is 2.27 bits per heavy atom. The standard InChI is InChI=1S/C10H15ClN2O2/c1-13(4-5-14)7-10(15)9-3-2-8(11)6-12-9/h2-3,6,10,14-15H,4-5,7H2,1H3. The molecule has 0 bridgehead atoms. The van der Waals surface area contributed by atoms with E-state index in [0.717, 1.165) is 0 Å². The zero-order valence-electron chi connectivity index (χ0n) is 8.60. The number of likely N-dealkylation sites (N-methyl/N-ethyl adjacent to an activating group) is 1. The molecule has 0 amide bonds. The predicted octanol–water partition coefficient (Wildman–Crippen LogP) is 0.692. The second kappa shape index (κ2) is 6.02. The highest BCUT2D eigenvalue weighted by Gasteiger charge is 2.11. The molecule has 0 aliphatic heterocycles. The normalized spacial score (nSPS) is 13.1. The molecular formula is C10H15ClN2O2. The maximum atomic E-state index is 9.78. The number of halogens is 1. The molecule has 0 saturated heterocycles. The fraction of sp³-hybridized carbons (Fsp3) is 0.500. The highest BCUT2D eigenvalue weighted by molar-refractivity contribution is 6.30. The lowest BCUT2D eigenvalue weighted by Gasteiger charge is -2.18. The van der Waals surface area contributed by atoms with Gasteiger partial charge in [-0.15, -0.1) is 0 Å². The van der Waals surface area contributed by atoms with Gasteiger partial charge < -0.3 is 15.1 Å². The maximum absolute atomic E-state index is 9.78. The molecule has 2 N–H and O–H groups in total. The van der Waals surface area contributed by atoms with Crippen LogP contribution in [0, 0.1) is 0 Å². The van der Waals surface area contributed by atoms with Crippen LogP contribution in [0.2, 0.25) is 5.02 Å². The van der Waals surface area contributed by atoms with Gasteiger partial charge in [0.2, 0.25) is 0 Å². The molecule has 5 heteroatoms. The van der Waals surface area contributed by atoms with Crippen LogP contribution in [0.4, 0.5) is 0 Å². The van der Waals surface area contributed by atoms with Crippen LogP contribution in [0.1, 0.15) is 11.8 Å². The molecule has 0 spiro atoms. The van der Waals surface area contributed by atoms with E-state index in [1.54, 1.807) is 12.1 Å². The van der Waals surface area contributed by atoms with Gasteiger partial charge in [-0.25, -0.2) is 0 Å². The highest BCUT2D eigenvalue weighted by atomic mass is 35.5. The minimum absolute atomic E-state index is 0.0806. The summed E-state index contributed by atoms with van der Waals surface area (Å²) >= 11 is 5.68. The molecule has 0 aromatic carbocycles. The first-order chi connectivity index (χ1) is 7.13. The topological polar surface area (TPSA) is 56.6 Å². The lowest BCUT2D eigenvalue weighted by molar-refractivity contribution is 0.112. The lowest BCUT2D eigenvalue weighted by atomic mass is 10.2. The summed E-state index contributed by atoms with van der Waals surface area (Å²) in [6.45, 7) is 1.05. The summed E-state index contributed by atoms with van der Waals surface area (Å²) in [6, 6.07) is 3.39. The third-order valence-electron chi connectivity index (χ3n) is 2.06. The Labute approximate surface area is 94.1 Å². The molecule has 4 nitrogen and oxygen atoms in total. The second-order valence-corrected chi connectivity index (χ2v) is 3.84. The average Bonchev–Trinajstić information content (AvgIpc) is 2.18. The molecule has 1 rings (SSSR count). The van der Waals surface area contributed by atoms with Gasteiger partial charge in [0.05, 0.1) is 17.3 Å². The van der Waals surface area contributed by atoms with Gasteiger partial charge in [-0.05, 0) is 19.2 Å². The van der Waals surface area contributed by atoms with Crippen LogP contribution in [0.15, 0.2) is 18.3 Å². The largest absolute Gasteiger partial charge is 0.395 e. The Balaban J connectivity index is 2.53. The Hall–Kier alpha value is -0.680. The molecule has 1 atom stereocenters. The summed E-state index contributed by atoms with van der Waals surface area (Å²) in [5, 5.41) is 19.0. The van der Waals surface area contributed by atoms with E-state index < -0.39 is 6.10 Å². The number of rotatable bonds is 5. The summed E-state index contributed by atoms with van der Waals surface area (Å²) in [5.41, 5.74) is 0.587. The molecule has 0 saturated carbocycles. The van der Waals surface area contributed by atoms with Crippen LogP contribution >= 0.6 is 11.6 Å². The first-order valence-corrected chi connectivity index (χ1v) is 5.10. The number of aliphatic hydroxyl groups is 2. The number of pyridine rings is 1. The maximum Gasteiger partial charge on any atom is 0.109 e. The van der Waals surface area contributed by atoms with Gasteiger partial charge >= 0.3 is 0 Å². The van der Waals surface area contributed by atoms with Crippen LogP contribution in [0.3, 0.4) is 0 Å². The van der Waals surface area contributed by atoms with Crippen molar-refractivity contribution in [2.24, 2.45) is 0 Å². The van der Waals surface area contributed by atoms with E-state index in [2.05, 4.69) is 4.98 Å². The van der Waals surface area contributed by atoms with E-state index in [-0.39, 0.29) is 6.61 Å². The van der Waals surface area contributed by atoms with Crippen LogP contribution in [-0.4, -0.2) is 46.8 Å². The zero-order valence-corrected chi connectivity index (χ0v) is 9.35. The summed E-state index contributed by atoms with van der Waals surface area (Å²) < 4.78 is 0.